The van der Waals surface area contributed by atoms with Crippen LogP contribution in [-0.4, -0.2) is 24.5 Å². The molecular formula is C47H26N6O. The predicted molar refractivity (Wildman–Crippen MR) is 215 cm³/mol. The van der Waals surface area contributed by atoms with E-state index in [-0.39, 0.29) is 0 Å². The molecule has 0 aliphatic rings. The van der Waals surface area contributed by atoms with E-state index in [0.717, 1.165) is 87.8 Å². The Morgan fingerprint density at radius 2 is 1.15 bits per heavy atom. The molecule has 0 amide bonds. The number of hydrogen-bond acceptors (Lipinski definition) is 6. The number of pyridine rings is 1. The van der Waals surface area contributed by atoms with Gasteiger partial charge in [0.25, 0.3) is 0 Å². The third kappa shape index (κ3) is 4.47. The number of furan rings is 1. The van der Waals surface area contributed by atoms with Crippen molar-refractivity contribution in [1.29, 1.82) is 5.26 Å². The number of rotatable bonds is 4. The molecule has 7 heteroatoms. The van der Waals surface area contributed by atoms with Gasteiger partial charge in [-0.15, -0.1) is 0 Å². The van der Waals surface area contributed by atoms with Crippen molar-refractivity contribution < 1.29 is 4.42 Å². The van der Waals surface area contributed by atoms with Gasteiger partial charge in [0.1, 0.15) is 11.2 Å². The molecule has 0 spiro atoms. The van der Waals surface area contributed by atoms with Crippen LogP contribution in [-0.2, 0) is 0 Å². The predicted octanol–water partition coefficient (Wildman–Crippen LogP) is 11.4. The smallest absolute Gasteiger partial charge is 0.238 e. The molecule has 7 nitrogen and oxygen atoms in total. The third-order valence-electron chi connectivity index (χ3n) is 10.3. The van der Waals surface area contributed by atoms with Crippen molar-refractivity contribution in [3.8, 4) is 46.1 Å². The average Bonchev–Trinajstić information content (AvgIpc) is 3.79. The maximum atomic E-state index is 9.81. The molecule has 54 heavy (non-hydrogen) atoms. The second kappa shape index (κ2) is 11.7. The monoisotopic (exact) mass is 690 g/mol. The zero-order valence-corrected chi connectivity index (χ0v) is 28.6. The molecule has 250 valence electrons. The summed E-state index contributed by atoms with van der Waals surface area (Å²) in [5, 5.41) is 17.2. The highest BCUT2D eigenvalue weighted by Gasteiger charge is 2.22. The average molecular weight is 691 g/mol. The summed E-state index contributed by atoms with van der Waals surface area (Å²) < 4.78 is 8.50. The maximum absolute atomic E-state index is 9.81. The molecule has 0 bridgehead atoms. The van der Waals surface area contributed by atoms with Gasteiger partial charge in [-0.3, -0.25) is 4.57 Å². The van der Waals surface area contributed by atoms with Crippen LogP contribution in [0.25, 0.3) is 105 Å². The zero-order valence-electron chi connectivity index (χ0n) is 28.6. The molecule has 0 unspecified atom stereocenters. The van der Waals surface area contributed by atoms with E-state index >= 15 is 0 Å². The van der Waals surface area contributed by atoms with Crippen LogP contribution >= 0.6 is 0 Å². The molecule has 0 fully saturated rings. The van der Waals surface area contributed by atoms with E-state index in [9.17, 15) is 5.26 Å². The van der Waals surface area contributed by atoms with E-state index < -0.39 is 0 Å². The molecule has 0 atom stereocenters. The number of nitrogens with zero attached hydrogens (tertiary/aromatic N) is 6. The molecule has 7 aromatic carbocycles. The van der Waals surface area contributed by atoms with E-state index in [2.05, 4.69) is 65.2 Å². The first-order valence-electron chi connectivity index (χ1n) is 17.7. The second-order valence-electron chi connectivity index (χ2n) is 13.3. The topological polar surface area (TPSA) is 93.4 Å². The Morgan fingerprint density at radius 3 is 1.94 bits per heavy atom. The molecule has 0 aliphatic heterocycles. The van der Waals surface area contributed by atoms with Crippen molar-refractivity contribution in [2.45, 2.75) is 0 Å². The SMILES string of the molecule is N#Cc1cccc(-c2nc(-c3cccc4c3nc(-c3ccccc3)c3ccc5oc6ccccc6c5c34)nc(-n3c4ccccc4c4ccccc43)n2)c1. The Hall–Kier alpha value is -7.69. The molecule has 0 saturated heterocycles. The molecule has 0 aliphatic carbocycles. The Morgan fingerprint density at radius 1 is 0.481 bits per heavy atom. The molecule has 11 rings (SSSR count). The Balaban J connectivity index is 1.27. The highest BCUT2D eigenvalue weighted by atomic mass is 16.3. The fourth-order valence-corrected chi connectivity index (χ4v) is 7.91. The number of benzene rings is 7. The first-order chi connectivity index (χ1) is 26.7. The number of para-hydroxylation sites is 4. The lowest BCUT2D eigenvalue weighted by atomic mass is 9.95. The number of hydrogen-bond donors (Lipinski definition) is 0. The summed E-state index contributed by atoms with van der Waals surface area (Å²) in [7, 11) is 0. The van der Waals surface area contributed by atoms with Crippen LogP contribution < -0.4 is 0 Å². The summed E-state index contributed by atoms with van der Waals surface area (Å²) in [6, 6.07) is 55.1. The van der Waals surface area contributed by atoms with Gasteiger partial charge in [0.2, 0.25) is 5.95 Å². The van der Waals surface area contributed by atoms with E-state index in [1.807, 2.05) is 97.1 Å². The van der Waals surface area contributed by atoms with E-state index in [0.29, 0.717) is 23.2 Å². The van der Waals surface area contributed by atoms with Crippen molar-refractivity contribution in [3.63, 3.8) is 0 Å². The van der Waals surface area contributed by atoms with Crippen LogP contribution in [0.4, 0.5) is 0 Å². The number of aromatic nitrogens is 5. The number of fused-ring (bicyclic) bond motifs is 10. The van der Waals surface area contributed by atoms with Crippen LogP contribution in [0, 0.1) is 11.3 Å². The maximum Gasteiger partial charge on any atom is 0.238 e. The van der Waals surface area contributed by atoms with Gasteiger partial charge >= 0.3 is 0 Å². The van der Waals surface area contributed by atoms with Crippen molar-refractivity contribution in [2.75, 3.05) is 0 Å². The van der Waals surface area contributed by atoms with Gasteiger partial charge in [0, 0.05) is 54.4 Å². The minimum Gasteiger partial charge on any atom is -0.456 e. The Labute approximate surface area is 308 Å². The zero-order chi connectivity index (χ0) is 35.8. The summed E-state index contributed by atoms with van der Waals surface area (Å²) in [5.74, 6) is 1.40. The van der Waals surface area contributed by atoms with Crippen LogP contribution in [0.3, 0.4) is 0 Å². The number of nitriles is 1. The lowest BCUT2D eigenvalue weighted by molar-refractivity contribution is 0.669. The van der Waals surface area contributed by atoms with Crippen molar-refractivity contribution in [3.05, 3.63) is 163 Å². The van der Waals surface area contributed by atoms with Crippen molar-refractivity contribution in [2.24, 2.45) is 0 Å². The van der Waals surface area contributed by atoms with Gasteiger partial charge in [0.15, 0.2) is 11.6 Å². The fourth-order valence-electron chi connectivity index (χ4n) is 7.91. The highest BCUT2D eigenvalue weighted by Crippen LogP contribution is 2.43. The summed E-state index contributed by atoms with van der Waals surface area (Å²) in [6.45, 7) is 0. The summed E-state index contributed by atoms with van der Waals surface area (Å²) >= 11 is 0. The van der Waals surface area contributed by atoms with Gasteiger partial charge in [0.05, 0.1) is 33.9 Å². The normalized spacial score (nSPS) is 11.7. The Kier molecular flexibility index (Phi) is 6.48. The molecule has 4 heterocycles. The highest BCUT2D eigenvalue weighted by molar-refractivity contribution is 6.29. The van der Waals surface area contributed by atoms with Gasteiger partial charge in [-0.05, 0) is 48.5 Å². The summed E-state index contributed by atoms with van der Waals surface area (Å²) in [6.07, 6.45) is 0. The minimum atomic E-state index is 0.457. The molecule has 0 saturated carbocycles. The van der Waals surface area contributed by atoms with E-state index in [1.54, 1.807) is 6.07 Å². The standard InChI is InChI=1S/C47H26N6O/c48-27-28-12-10-15-30(26-28)45-50-46(52-47(51-45)53-37-21-7-4-16-31(37)32-17-5-8-22-38(32)53)36-20-11-19-34-41-35(43(49-44(34)36)29-13-2-1-3-14-29)24-25-40-42(41)33-18-6-9-23-39(33)54-40/h1-26H. The third-order valence-corrected chi connectivity index (χ3v) is 10.3. The Bertz CT molecular complexity index is 3300. The van der Waals surface area contributed by atoms with Crippen LogP contribution in [0.2, 0.25) is 0 Å². The first kappa shape index (κ1) is 30.0. The quantitative estimate of drug-likeness (QED) is 0.171. The van der Waals surface area contributed by atoms with Crippen molar-refractivity contribution >= 4 is 65.4 Å². The summed E-state index contributed by atoms with van der Waals surface area (Å²) in [5.41, 5.74) is 8.24. The van der Waals surface area contributed by atoms with Gasteiger partial charge in [-0.25, -0.2) is 9.97 Å². The van der Waals surface area contributed by atoms with Gasteiger partial charge in [-0.1, -0.05) is 109 Å². The lowest BCUT2D eigenvalue weighted by Gasteiger charge is -2.15. The van der Waals surface area contributed by atoms with Crippen LogP contribution in [0.15, 0.2) is 162 Å². The molecule has 4 aromatic heterocycles. The van der Waals surface area contributed by atoms with Gasteiger partial charge in [-0.2, -0.15) is 15.2 Å². The first-order valence-corrected chi connectivity index (χ1v) is 17.7. The molecule has 0 radical (unpaired) electrons. The van der Waals surface area contributed by atoms with E-state index in [4.69, 9.17) is 24.4 Å². The molecular weight excluding hydrogens is 665 g/mol. The molecule has 0 N–H and O–H groups in total. The fraction of sp³-hybridized carbons (Fsp3) is 0. The van der Waals surface area contributed by atoms with Crippen LogP contribution in [0.1, 0.15) is 5.56 Å². The second-order valence-corrected chi connectivity index (χ2v) is 13.3. The minimum absolute atomic E-state index is 0.457. The van der Waals surface area contributed by atoms with Crippen molar-refractivity contribution in [1.82, 2.24) is 24.5 Å². The van der Waals surface area contributed by atoms with Gasteiger partial charge < -0.3 is 4.42 Å². The molecule has 11 aromatic rings. The van der Waals surface area contributed by atoms with E-state index in [1.165, 1.54) is 0 Å². The summed E-state index contributed by atoms with van der Waals surface area (Å²) in [4.78, 5) is 21.0. The van der Waals surface area contributed by atoms with Crippen LogP contribution in [0.5, 0.6) is 0 Å². The largest absolute Gasteiger partial charge is 0.456 e. The lowest BCUT2D eigenvalue weighted by Crippen LogP contribution is -2.07.